The van der Waals surface area contributed by atoms with Crippen LogP contribution in [0.2, 0.25) is 0 Å². The Hall–Kier alpha value is -1.94. The lowest BCUT2D eigenvalue weighted by Gasteiger charge is -2.04. The fourth-order valence-electron chi connectivity index (χ4n) is 1.52. The average Bonchev–Trinajstić information content (AvgIpc) is 2.96. The lowest BCUT2D eigenvalue weighted by Crippen LogP contribution is -2.24. The molecule has 1 N–H and O–H groups in total. The molecule has 0 unspecified atom stereocenters. The van der Waals surface area contributed by atoms with Crippen molar-refractivity contribution in [1.29, 1.82) is 0 Å². The summed E-state index contributed by atoms with van der Waals surface area (Å²) in [7, 11) is -3.31. The summed E-state index contributed by atoms with van der Waals surface area (Å²) in [5.41, 5.74) is 0.988. The summed E-state index contributed by atoms with van der Waals surface area (Å²) in [6.45, 7) is 1.61. The molecule has 10 heteroatoms. The van der Waals surface area contributed by atoms with E-state index in [0.29, 0.717) is 11.1 Å². The van der Waals surface area contributed by atoms with Gasteiger partial charge in [0.05, 0.1) is 5.75 Å². The van der Waals surface area contributed by atoms with E-state index < -0.39 is 22.1 Å². The minimum Gasteiger partial charge on any atom is -0.329 e. The van der Waals surface area contributed by atoms with Gasteiger partial charge in [-0.1, -0.05) is 29.4 Å². The number of aromatic nitrogens is 2. The maximum Gasteiger partial charge on any atom is 0.471 e. The van der Waals surface area contributed by atoms with Crippen molar-refractivity contribution in [2.45, 2.75) is 19.6 Å². The predicted octanol–water partition coefficient (Wildman–Crippen LogP) is 2.19. The Morgan fingerprint density at radius 2 is 1.86 bits per heavy atom. The van der Waals surface area contributed by atoms with Gasteiger partial charge in [-0.15, -0.1) is 0 Å². The number of nitrogens with one attached hydrogen (secondary N) is 1. The van der Waals surface area contributed by atoms with Crippen LogP contribution in [0.3, 0.4) is 0 Å². The van der Waals surface area contributed by atoms with E-state index in [0.717, 1.165) is 0 Å². The molecule has 0 fully saturated rings. The maximum absolute atomic E-state index is 12.4. The second-order valence-corrected chi connectivity index (χ2v) is 6.44. The molecule has 120 valence electrons. The molecule has 0 bridgehead atoms. The molecule has 0 saturated carbocycles. The number of hydrogen-bond acceptors (Lipinski definition) is 5. The third kappa shape index (κ3) is 4.04. The first-order valence-electron chi connectivity index (χ1n) is 6.19. The van der Waals surface area contributed by atoms with Crippen molar-refractivity contribution in [3.8, 4) is 11.4 Å². The average molecular weight is 335 g/mol. The topological polar surface area (TPSA) is 85.1 Å². The van der Waals surface area contributed by atoms with E-state index in [2.05, 4.69) is 19.4 Å². The van der Waals surface area contributed by atoms with Gasteiger partial charge in [-0.3, -0.25) is 0 Å². The van der Waals surface area contributed by atoms with Crippen molar-refractivity contribution in [3.05, 3.63) is 35.7 Å². The molecule has 0 aliphatic heterocycles. The lowest BCUT2D eigenvalue weighted by molar-refractivity contribution is -0.159. The Balaban J connectivity index is 2.10. The molecule has 0 amide bonds. The van der Waals surface area contributed by atoms with Crippen LogP contribution in [0.4, 0.5) is 13.2 Å². The van der Waals surface area contributed by atoms with Crippen LogP contribution in [0.5, 0.6) is 0 Å². The summed E-state index contributed by atoms with van der Waals surface area (Å²) in [5.74, 6) is -1.64. The SMILES string of the molecule is CCS(=O)(=O)NCc1ccc(-c2noc(C(F)(F)F)n2)cc1. The normalized spacial score (nSPS) is 12.5. The van der Waals surface area contributed by atoms with Gasteiger partial charge in [0.25, 0.3) is 0 Å². The smallest absolute Gasteiger partial charge is 0.329 e. The summed E-state index contributed by atoms with van der Waals surface area (Å²) in [5, 5.41) is 3.26. The van der Waals surface area contributed by atoms with Gasteiger partial charge in [-0.2, -0.15) is 18.2 Å². The van der Waals surface area contributed by atoms with Crippen molar-refractivity contribution in [2.75, 3.05) is 5.75 Å². The molecule has 2 aromatic rings. The fourth-order valence-corrected chi connectivity index (χ4v) is 2.11. The number of rotatable bonds is 5. The Kier molecular flexibility index (Phi) is 4.52. The molecule has 0 spiro atoms. The van der Waals surface area contributed by atoms with Crippen LogP contribution in [0, 0.1) is 0 Å². The number of hydrogen-bond donors (Lipinski definition) is 1. The Labute approximate surface area is 124 Å². The highest BCUT2D eigenvalue weighted by Crippen LogP contribution is 2.29. The fraction of sp³-hybridized carbons (Fsp3) is 0.333. The van der Waals surface area contributed by atoms with Crippen molar-refractivity contribution in [2.24, 2.45) is 0 Å². The third-order valence-corrected chi connectivity index (χ3v) is 4.10. The number of halogens is 3. The lowest BCUT2D eigenvalue weighted by atomic mass is 10.1. The summed E-state index contributed by atoms with van der Waals surface area (Å²) >= 11 is 0. The minimum absolute atomic E-state index is 0.0336. The molecule has 1 heterocycles. The van der Waals surface area contributed by atoms with E-state index in [1.807, 2.05) is 0 Å². The van der Waals surface area contributed by atoms with Gasteiger partial charge in [-0.05, 0) is 12.5 Å². The highest BCUT2D eigenvalue weighted by molar-refractivity contribution is 7.89. The molecule has 0 radical (unpaired) electrons. The van der Waals surface area contributed by atoms with E-state index in [4.69, 9.17) is 0 Å². The predicted molar refractivity (Wildman–Crippen MR) is 71.0 cm³/mol. The van der Waals surface area contributed by atoms with Crippen molar-refractivity contribution in [1.82, 2.24) is 14.9 Å². The Bertz CT molecular complexity index is 739. The Morgan fingerprint density at radius 3 is 2.36 bits per heavy atom. The van der Waals surface area contributed by atoms with Crippen LogP contribution in [-0.4, -0.2) is 24.3 Å². The first kappa shape index (κ1) is 16.4. The highest BCUT2D eigenvalue weighted by Gasteiger charge is 2.38. The van der Waals surface area contributed by atoms with Crippen LogP contribution in [0.25, 0.3) is 11.4 Å². The van der Waals surface area contributed by atoms with Gasteiger partial charge in [-0.25, -0.2) is 13.1 Å². The molecular formula is C12H12F3N3O3S. The highest BCUT2D eigenvalue weighted by atomic mass is 32.2. The molecule has 0 atom stereocenters. The summed E-state index contributed by atoms with van der Waals surface area (Å²) in [4.78, 5) is 3.27. The zero-order valence-electron chi connectivity index (χ0n) is 11.4. The van der Waals surface area contributed by atoms with Crippen LogP contribution in [0.15, 0.2) is 28.8 Å². The molecule has 6 nitrogen and oxygen atoms in total. The molecule has 1 aromatic carbocycles. The number of benzene rings is 1. The molecule has 0 aliphatic carbocycles. The minimum atomic E-state index is -4.69. The van der Waals surface area contributed by atoms with Crippen molar-refractivity contribution < 1.29 is 26.1 Å². The third-order valence-electron chi connectivity index (χ3n) is 2.76. The van der Waals surface area contributed by atoms with Crippen molar-refractivity contribution in [3.63, 3.8) is 0 Å². The van der Waals surface area contributed by atoms with Gasteiger partial charge < -0.3 is 4.52 Å². The zero-order chi connectivity index (χ0) is 16.4. The first-order chi connectivity index (χ1) is 10.2. The van der Waals surface area contributed by atoms with Gasteiger partial charge in [0.2, 0.25) is 15.8 Å². The molecular weight excluding hydrogens is 323 g/mol. The monoisotopic (exact) mass is 335 g/mol. The van der Waals surface area contributed by atoms with Gasteiger partial charge in [0.1, 0.15) is 0 Å². The number of sulfonamides is 1. The van der Waals surface area contributed by atoms with Crippen molar-refractivity contribution >= 4 is 10.0 Å². The number of nitrogens with zero attached hydrogens (tertiary/aromatic N) is 2. The molecule has 0 aliphatic rings. The van der Waals surface area contributed by atoms with Crippen LogP contribution in [0.1, 0.15) is 18.4 Å². The van der Waals surface area contributed by atoms with E-state index in [1.165, 1.54) is 19.1 Å². The summed E-state index contributed by atoms with van der Waals surface area (Å²) < 4.78 is 66.2. The largest absolute Gasteiger partial charge is 0.471 e. The number of alkyl halides is 3. The standard InChI is InChI=1S/C12H12F3N3O3S/c1-2-22(19,20)16-7-8-3-5-9(6-4-8)10-17-11(21-18-10)12(13,14)15/h3-6,16H,2,7H2,1H3. The quantitative estimate of drug-likeness (QED) is 0.905. The van der Waals surface area contributed by atoms with Gasteiger partial charge >= 0.3 is 12.1 Å². The van der Waals surface area contributed by atoms with E-state index in [-0.39, 0.29) is 18.1 Å². The second-order valence-electron chi connectivity index (χ2n) is 4.34. The maximum atomic E-state index is 12.4. The molecule has 22 heavy (non-hydrogen) atoms. The Morgan fingerprint density at radius 1 is 1.23 bits per heavy atom. The molecule has 0 saturated heterocycles. The van der Waals surface area contributed by atoms with E-state index in [9.17, 15) is 21.6 Å². The van der Waals surface area contributed by atoms with Crippen LogP contribution in [-0.2, 0) is 22.7 Å². The molecule has 1 aromatic heterocycles. The zero-order valence-corrected chi connectivity index (χ0v) is 12.2. The van der Waals surface area contributed by atoms with Gasteiger partial charge in [0, 0.05) is 12.1 Å². The first-order valence-corrected chi connectivity index (χ1v) is 7.84. The molecule has 2 rings (SSSR count). The second kappa shape index (κ2) is 6.05. The van der Waals surface area contributed by atoms with E-state index in [1.54, 1.807) is 12.1 Å². The summed E-state index contributed by atoms with van der Waals surface area (Å²) in [6.07, 6.45) is -4.69. The summed E-state index contributed by atoms with van der Waals surface area (Å²) in [6, 6.07) is 6.11. The van der Waals surface area contributed by atoms with Gasteiger partial charge in [0.15, 0.2) is 0 Å². The van der Waals surface area contributed by atoms with Crippen LogP contribution < -0.4 is 4.72 Å². The van der Waals surface area contributed by atoms with Crippen LogP contribution >= 0.6 is 0 Å². The van der Waals surface area contributed by atoms with E-state index >= 15 is 0 Å².